The summed E-state index contributed by atoms with van der Waals surface area (Å²) in [6.45, 7) is 0. The van der Waals surface area contributed by atoms with E-state index in [4.69, 9.17) is 10.5 Å². The van der Waals surface area contributed by atoms with Crippen molar-refractivity contribution in [2.75, 3.05) is 7.11 Å². The van der Waals surface area contributed by atoms with Crippen LogP contribution in [0, 0.1) is 0 Å². The molecule has 1 aromatic carbocycles. The van der Waals surface area contributed by atoms with Crippen LogP contribution < -0.4 is 10.5 Å². The zero-order valence-electron chi connectivity index (χ0n) is 7.81. The van der Waals surface area contributed by atoms with Gasteiger partial charge in [-0.15, -0.1) is 0 Å². The molecule has 0 aromatic heterocycles. The molecule has 1 atom stereocenters. The van der Waals surface area contributed by atoms with E-state index in [0.717, 1.165) is 0 Å². The van der Waals surface area contributed by atoms with Crippen molar-refractivity contribution in [2.24, 2.45) is 5.73 Å². The summed E-state index contributed by atoms with van der Waals surface area (Å²) < 4.78 is 42.4. The van der Waals surface area contributed by atoms with Gasteiger partial charge in [0.1, 0.15) is 11.8 Å². The van der Waals surface area contributed by atoms with E-state index in [-0.39, 0.29) is 15.8 Å². The molecule has 0 aliphatic rings. The normalized spacial score (nSPS) is 13.7. The van der Waals surface area contributed by atoms with Gasteiger partial charge in [-0.25, -0.2) is 0 Å². The number of hydrogen-bond acceptors (Lipinski definition) is 2. The highest BCUT2D eigenvalue weighted by Crippen LogP contribution is 2.39. The van der Waals surface area contributed by atoms with Crippen molar-refractivity contribution in [3.8, 4) is 5.75 Å². The van der Waals surface area contributed by atoms with Crippen LogP contribution in [-0.4, -0.2) is 13.3 Å². The number of rotatable bonds is 2. The SMILES string of the molecule is COc1cccc(Br)c1C(N)C(F)(F)F. The van der Waals surface area contributed by atoms with Crippen LogP contribution in [-0.2, 0) is 0 Å². The molecule has 15 heavy (non-hydrogen) atoms. The quantitative estimate of drug-likeness (QED) is 0.906. The van der Waals surface area contributed by atoms with Gasteiger partial charge in [-0.05, 0) is 12.1 Å². The number of alkyl halides is 3. The lowest BCUT2D eigenvalue weighted by molar-refractivity contribution is -0.149. The fraction of sp³-hybridized carbons (Fsp3) is 0.333. The number of nitrogens with two attached hydrogens (primary N) is 1. The molecule has 0 spiro atoms. The molecule has 0 bridgehead atoms. The van der Waals surface area contributed by atoms with Crippen molar-refractivity contribution in [1.29, 1.82) is 0 Å². The number of ether oxygens (including phenoxy) is 1. The van der Waals surface area contributed by atoms with Gasteiger partial charge in [-0.3, -0.25) is 0 Å². The molecular formula is C9H9BrF3NO. The van der Waals surface area contributed by atoms with Crippen LogP contribution in [0.3, 0.4) is 0 Å². The van der Waals surface area contributed by atoms with Crippen LogP contribution in [0.25, 0.3) is 0 Å². The first-order valence-electron chi connectivity index (χ1n) is 4.02. The number of benzene rings is 1. The van der Waals surface area contributed by atoms with Crippen LogP contribution in [0.1, 0.15) is 11.6 Å². The van der Waals surface area contributed by atoms with Crippen molar-refractivity contribution < 1.29 is 17.9 Å². The minimum absolute atomic E-state index is 0.0903. The molecule has 0 aliphatic carbocycles. The Bertz CT molecular complexity index is 354. The van der Waals surface area contributed by atoms with Gasteiger partial charge in [0.25, 0.3) is 0 Å². The van der Waals surface area contributed by atoms with Gasteiger partial charge in [0.05, 0.1) is 7.11 Å². The molecule has 2 nitrogen and oxygen atoms in total. The Morgan fingerprint density at radius 2 is 2.00 bits per heavy atom. The molecular weight excluding hydrogens is 275 g/mol. The zero-order valence-corrected chi connectivity index (χ0v) is 9.39. The van der Waals surface area contributed by atoms with Crippen LogP contribution >= 0.6 is 15.9 Å². The minimum atomic E-state index is -4.49. The van der Waals surface area contributed by atoms with E-state index in [1.54, 1.807) is 6.07 Å². The van der Waals surface area contributed by atoms with E-state index >= 15 is 0 Å². The minimum Gasteiger partial charge on any atom is -0.496 e. The van der Waals surface area contributed by atoms with Crippen molar-refractivity contribution in [3.63, 3.8) is 0 Å². The fourth-order valence-corrected chi connectivity index (χ4v) is 1.76. The molecule has 1 unspecified atom stereocenters. The Kier molecular flexibility index (Phi) is 3.62. The molecule has 0 heterocycles. The third-order valence-corrected chi connectivity index (χ3v) is 2.59. The predicted molar refractivity (Wildman–Crippen MR) is 53.7 cm³/mol. The lowest BCUT2D eigenvalue weighted by atomic mass is 10.1. The predicted octanol–water partition coefficient (Wildman–Crippen LogP) is 3.02. The second-order valence-corrected chi connectivity index (χ2v) is 3.73. The molecule has 0 amide bonds. The lowest BCUT2D eigenvalue weighted by Crippen LogP contribution is -2.29. The van der Waals surface area contributed by atoms with Crippen LogP contribution in [0.4, 0.5) is 13.2 Å². The van der Waals surface area contributed by atoms with Crippen LogP contribution in [0.2, 0.25) is 0 Å². The van der Waals surface area contributed by atoms with Gasteiger partial charge in [-0.1, -0.05) is 22.0 Å². The Morgan fingerprint density at radius 1 is 1.40 bits per heavy atom. The molecule has 0 saturated carbocycles. The van der Waals surface area contributed by atoms with Gasteiger partial charge < -0.3 is 10.5 Å². The van der Waals surface area contributed by atoms with E-state index in [1.807, 2.05) is 0 Å². The largest absolute Gasteiger partial charge is 0.496 e. The summed E-state index contributed by atoms with van der Waals surface area (Å²) in [5, 5.41) is 0. The third kappa shape index (κ3) is 2.63. The first kappa shape index (κ1) is 12.3. The Morgan fingerprint density at radius 3 is 2.47 bits per heavy atom. The summed E-state index contributed by atoms with van der Waals surface area (Å²) in [7, 11) is 1.30. The highest BCUT2D eigenvalue weighted by molar-refractivity contribution is 9.10. The first-order valence-corrected chi connectivity index (χ1v) is 4.82. The first-order chi connectivity index (χ1) is 6.88. The number of hydrogen-bond donors (Lipinski definition) is 1. The summed E-state index contributed by atoms with van der Waals surface area (Å²) in [5.41, 5.74) is 5.02. The lowest BCUT2D eigenvalue weighted by Gasteiger charge is -2.19. The van der Waals surface area contributed by atoms with Gasteiger partial charge >= 0.3 is 6.18 Å². The van der Waals surface area contributed by atoms with Crippen molar-refractivity contribution in [3.05, 3.63) is 28.2 Å². The standard InChI is InChI=1S/C9H9BrF3NO/c1-15-6-4-2-3-5(10)7(6)8(14)9(11,12)13/h2-4,8H,14H2,1H3. The second-order valence-electron chi connectivity index (χ2n) is 2.88. The van der Waals surface area contributed by atoms with E-state index in [2.05, 4.69) is 15.9 Å². The number of methoxy groups -OCH3 is 1. The molecule has 1 aromatic rings. The fourth-order valence-electron chi connectivity index (χ4n) is 1.16. The van der Waals surface area contributed by atoms with Gasteiger partial charge in [0.2, 0.25) is 0 Å². The molecule has 2 N–H and O–H groups in total. The van der Waals surface area contributed by atoms with Gasteiger partial charge in [-0.2, -0.15) is 13.2 Å². The average molecular weight is 284 g/mol. The van der Waals surface area contributed by atoms with E-state index < -0.39 is 12.2 Å². The summed E-state index contributed by atoms with van der Waals surface area (Å²) >= 11 is 3.02. The van der Waals surface area contributed by atoms with E-state index in [1.165, 1.54) is 19.2 Å². The Hall–Kier alpha value is -0.750. The molecule has 0 fully saturated rings. The van der Waals surface area contributed by atoms with E-state index in [9.17, 15) is 13.2 Å². The second kappa shape index (κ2) is 4.40. The van der Waals surface area contributed by atoms with Crippen molar-refractivity contribution in [1.82, 2.24) is 0 Å². The van der Waals surface area contributed by atoms with Crippen LogP contribution in [0.5, 0.6) is 5.75 Å². The van der Waals surface area contributed by atoms with Crippen molar-refractivity contribution >= 4 is 15.9 Å². The average Bonchev–Trinajstić information content (AvgIpc) is 2.15. The Balaban J connectivity index is 3.23. The van der Waals surface area contributed by atoms with Crippen LogP contribution in [0.15, 0.2) is 22.7 Å². The highest BCUT2D eigenvalue weighted by Gasteiger charge is 2.40. The van der Waals surface area contributed by atoms with Crippen molar-refractivity contribution in [2.45, 2.75) is 12.2 Å². The van der Waals surface area contributed by atoms with E-state index in [0.29, 0.717) is 0 Å². The van der Waals surface area contributed by atoms with Gasteiger partial charge in [0.15, 0.2) is 0 Å². The summed E-state index contributed by atoms with van der Waals surface area (Å²) in [6, 6.07) is 2.45. The maximum Gasteiger partial charge on any atom is 0.407 e. The molecule has 0 saturated heterocycles. The summed E-state index contributed by atoms with van der Waals surface area (Å²) in [4.78, 5) is 0. The molecule has 6 heteroatoms. The molecule has 1 rings (SSSR count). The topological polar surface area (TPSA) is 35.2 Å². The molecule has 0 radical (unpaired) electrons. The third-order valence-electron chi connectivity index (χ3n) is 1.90. The zero-order chi connectivity index (χ0) is 11.6. The Labute approximate surface area is 93.3 Å². The highest BCUT2D eigenvalue weighted by atomic mass is 79.9. The molecule has 0 aliphatic heterocycles. The summed E-state index contributed by atoms with van der Waals surface area (Å²) in [5.74, 6) is 0.120. The maximum atomic E-state index is 12.4. The summed E-state index contributed by atoms with van der Waals surface area (Å²) in [6.07, 6.45) is -4.49. The number of halogens is 4. The smallest absolute Gasteiger partial charge is 0.407 e. The molecule has 84 valence electrons. The maximum absolute atomic E-state index is 12.4. The van der Waals surface area contributed by atoms with Gasteiger partial charge in [0, 0.05) is 10.0 Å². The monoisotopic (exact) mass is 283 g/mol.